The number of carbonyl (C=O) groups is 1. The highest BCUT2D eigenvalue weighted by molar-refractivity contribution is 7.45. The number of allylic oxidation sites excluding steroid dienone is 8. The van der Waals surface area contributed by atoms with Gasteiger partial charge in [0.2, 0.25) is 0 Å². The fraction of sp³-hybridized carbons (Fsp3) is 0.804. The molecule has 0 radical (unpaired) electrons. The molecule has 0 fully saturated rings. The smallest absolute Gasteiger partial charge is 0.306 e. The van der Waals surface area contributed by atoms with E-state index in [1.807, 2.05) is 21.1 Å². The zero-order chi connectivity index (χ0) is 40.6. The third-order valence-corrected chi connectivity index (χ3v) is 10.4. The monoisotopic (exact) mass is 796 g/mol. The molecule has 0 aromatic carbocycles. The number of quaternary nitrogens is 1. The molecule has 0 saturated carbocycles. The van der Waals surface area contributed by atoms with E-state index in [-0.39, 0.29) is 25.8 Å². The number of ether oxygens (including phenoxy) is 2. The number of unbranched alkanes of at least 4 members (excludes halogenated alkanes) is 19. The molecule has 9 heteroatoms. The van der Waals surface area contributed by atoms with Crippen LogP contribution >= 0.6 is 7.82 Å². The van der Waals surface area contributed by atoms with E-state index >= 15 is 0 Å². The van der Waals surface area contributed by atoms with E-state index in [0.717, 1.165) is 70.6 Å². The third-order valence-electron chi connectivity index (χ3n) is 9.39. The summed E-state index contributed by atoms with van der Waals surface area (Å²) in [6.45, 7) is 5.23. The van der Waals surface area contributed by atoms with Crippen LogP contribution in [0.25, 0.3) is 0 Å². The van der Waals surface area contributed by atoms with E-state index in [1.165, 1.54) is 89.9 Å². The number of carbonyl (C=O) groups excluding carboxylic acids is 1. The summed E-state index contributed by atoms with van der Waals surface area (Å²) in [5, 5.41) is 0. The Hall–Kier alpha value is -1.54. The summed E-state index contributed by atoms with van der Waals surface area (Å²) in [5.74, 6) is -0.345. The average molecular weight is 796 g/mol. The van der Waals surface area contributed by atoms with Crippen molar-refractivity contribution in [1.82, 2.24) is 0 Å². The van der Waals surface area contributed by atoms with Gasteiger partial charge in [-0.1, -0.05) is 172 Å². The number of rotatable bonds is 41. The predicted molar refractivity (Wildman–Crippen MR) is 231 cm³/mol. The molecule has 2 atom stereocenters. The van der Waals surface area contributed by atoms with Crippen LogP contribution in [-0.4, -0.2) is 70.7 Å². The van der Waals surface area contributed by atoms with E-state index in [1.54, 1.807) is 0 Å². The summed E-state index contributed by atoms with van der Waals surface area (Å²) in [6.07, 6.45) is 47.0. The summed E-state index contributed by atoms with van der Waals surface area (Å²) in [7, 11) is 1.33. The summed E-state index contributed by atoms with van der Waals surface area (Å²) in [5.41, 5.74) is 0. The van der Waals surface area contributed by atoms with Gasteiger partial charge in [-0.05, 0) is 51.4 Å². The molecule has 0 N–H and O–H groups in total. The zero-order valence-electron chi connectivity index (χ0n) is 36.4. The molecule has 8 nitrogen and oxygen atoms in total. The van der Waals surface area contributed by atoms with E-state index < -0.39 is 13.9 Å². The molecule has 0 heterocycles. The van der Waals surface area contributed by atoms with Gasteiger partial charge < -0.3 is 27.9 Å². The van der Waals surface area contributed by atoms with E-state index in [0.29, 0.717) is 24.1 Å². The lowest BCUT2D eigenvalue weighted by atomic mass is 10.0. The number of hydrogen-bond donors (Lipinski definition) is 0. The van der Waals surface area contributed by atoms with Crippen molar-refractivity contribution in [2.45, 2.75) is 187 Å². The summed E-state index contributed by atoms with van der Waals surface area (Å²) >= 11 is 0. The average Bonchev–Trinajstić information content (AvgIpc) is 3.13. The Morgan fingerprint density at radius 3 is 1.56 bits per heavy atom. The molecule has 0 saturated heterocycles. The summed E-state index contributed by atoms with van der Waals surface area (Å²) < 4.78 is 34.6. The molecule has 0 amide bonds. The van der Waals surface area contributed by atoms with Crippen molar-refractivity contribution in [2.24, 2.45) is 0 Å². The van der Waals surface area contributed by atoms with Crippen molar-refractivity contribution < 1.29 is 37.3 Å². The number of phosphoric ester groups is 1. The minimum absolute atomic E-state index is 0.0193. The minimum Gasteiger partial charge on any atom is -0.756 e. The SMILES string of the molecule is CC/C=C\C/C=C\C/C=C\C/C=C\CCCCCOCC(COP(=O)([O-])OCC[N+](C)(C)C)OC(=O)CCCCCCCCCCCCCCCCCCC. The third kappa shape index (κ3) is 43.4. The van der Waals surface area contributed by atoms with Crippen LogP contribution in [0.4, 0.5) is 0 Å². The molecule has 0 aromatic heterocycles. The molecule has 0 aliphatic carbocycles. The Kier molecular flexibility index (Phi) is 38.2. The largest absolute Gasteiger partial charge is 0.756 e. The molecular formula is C46H86NO7P. The van der Waals surface area contributed by atoms with Crippen LogP contribution in [0.3, 0.4) is 0 Å². The second-order valence-electron chi connectivity index (χ2n) is 16.0. The second kappa shape index (κ2) is 39.3. The molecule has 55 heavy (non-hydrogen) atoms. The van der Waals surface area contributed by atoms with Crippen LogP contribution < -0.4 is 4.89 Å². The predicted octanol–water partition coefficient (Wildman–Crippen LogP) is 12.5. The van der Waals surface area contributed by atoms with Crippen LogP contribution in [0.2, 0.25) is 0 Å². The van der Waals surface area contributed by atoms with Crippen molar-refractivity contribution in [3.05, 3.63) is 48.6 Å². The topological polar surface area (TPSA) is 94.1 Å². The molecule has 0 aliphatic rings. The molecule has 0 aromatic rings. The highest BCUT2D eigenvalue weighted by Crippen LogP contribution is 2.38. The fourth-order valence-corrected chi connectivity index (χ4v) is 6.68. The number of hydrogen-bond acceptors (Lipinski definition) is 7. The number of likely N-dealkylation sites (N-methyl/N-ethyl adjacent to an activating group) is 1. The molecular weight excluding hydrogens is 709 g/mol. The maximum absolute atomic E-state index is 12.7. The molecule has 0 spiro atoms. The molecule has 322 valence electrons. The quantitative estimate of drug-likeness (QED) is 0.0200. The van der Waals surface area contributed by atoms with Crippen molar-refractivity contribution >= 4 is 13.8 Å². The first-order chi connectivity index (χ1) is 26.6. The van der Waals surface area contributed by atoms with Crippen molar-refractivity contribution in [2.75, 3.05) is 54.1 Å². The first-order valence-electron chi connectivity index (χ1n) is 22.4. The van der Waals surface area contributed by atoms with Crippen molar-refractivity contribution in [1.29, 1.82) is 0 Å². The van der Waals surface area contributed by atoms with Crippen LogP contribution in [0.1, 0.15) is 181 Å². The van der Waals surface area contributed by atoms with Crippen LogP contribution in [-0.2, 0) is 27.9 Å². The number of phosphoric acid groups is 1. The normalized spacial score (nSPS) is 14.2. The lowest BCUT2D eigenvalue weighted by Crippen LogP contribution is -2.37. The Morgan fingerprint density at radius 1 is 0.582 bits per heavy atom. The van der Waals surface area contributed by atoms with Gasteiger partial charge in [0.15, 0.2) is 0 Å². The molecule has 0 rings (SSSR count). The van der Waals surface area contributed by atoms with Crippen LogP contribution in [0, 0.1) is 0 Å². The van der Waals surface area contributed by atoms with E-state index in [2.05, 4.69) is 62.5 Å². The first kappa shape index (κ1) is 53.5. The van der Waals surface area contributed by atoms with Gasteiger partial charge in [-0.3, -0.25) is 9.36 Å². The molecule has 0 aliphatic heterocycles. The number of esters is 1. The van der Waals surface area contributed by atoms with Crippen molar-refractivity contribution in [3.8, 4) is 0 Å². The Morgan fingerprint density at radius 2 is 1.05 bits per heavy atom. The highest BCUT2D eigenvalue weighted by atomic mass is 31.2. The minimum atomic E-state index is -4.53. The fourth-order valence-electron chi connectivity index (χ4n) is 5.95. The Balaban J connectivity index is 4.27. The van der Waals surface area contributed by atoms with Gasteiger partial charge >= 0.3 is 5.97 Å². The van der Waals surface area contributed by atoms with Crippen LogP contribution in [0.15, 0.2) is 48.6 Å². The van der Waals surface area contributed by atoms with Gasteiger partial charge in [0.25, 0.3) is 7.82 Å². The van der Waals surface area contributed by atoms with Gasteiger partial charge in [-0.25, -0.2) is 0 Å². The molecule has 0 bridgehead atoms. The highest BCUT2D eigenvalue weighted by Gasteiger charge is 2.20. The van der Waals surface area contributed by atoms with Gasteiger partial charge in [0, 0.05) is 13.0 Å². The maximum Gasteiger partial charge on any atom is 0.306 e. The first-order valence-corrected chi connectivity index (χ1v) is 23.8. The summed E-state index contributed by atoms with van der Waals surface area (Å²) in [6, 6.07) is 0. The second-order valence-corrected chi connectivity index (χ2v) is 17.4. The maximum atomic E-state index is 12.7. The van der Waals surface area contributed by atoms with Gasteiger partial charge in [-0.15, -0.1) is 0 Å². The number of nitrogens with zero attached hydrogens (tertiary/aromatic N) is 1. The Bertz CT molecular complexity index is 1020. The lowest BCUT2D eigenvalue weighted by molar-refractivity contribution is -0.870. The summed E-state index contributed by atoms with van der Waals surface area (Å²) in [4.78, 5) is 25.1. The molecule has 2 unspecified atom stereocenters. The Labute approximate surface area is 339 Å². The van der Waals surface area contributed by atoms with Crippen molar-refractivity contribution in [3.63, 3.8) is 0 Å². The van der Waals surface area contributed by atoms with Gasteiger partial charge in [-0.2, -0.15) is 0 Å². The van der Waals surface area contributed by atoms with E-state index in [9.17, 15) is 14.3 Å². The van der Waals surface area contributed by atoms with Crippen LogP contribution in [0.5, 0.6) is 0 Å². The standard InChI is InChI=1S/C46H86NO7P/c1-6-8-10-12-14-16-18-20-22-24-25-27-29-31-33-35-37-39-46(48)54-45(44-53-55(49,50)52-42-40-47(3,4)5)43-51-41-38-36-34-32-30-28-26-23-21-19-17-15-13-11-9-7-2/h9,11,15,17,21,23,28,30,45H,6-8,10,12-14,16,18-20,22,24-27,29,31-44H2,1-5H3/b11-9-,17-15-,23-21-,30-28-. The zero-order valence-corrected chi connectivity index (χ0v) is 37.3. The van der Waals surface area contributed by atoms with Gasteiger partial charge in [0.05, 0.1) is 34.4 Å². The van der Waals surface area contributed by atoms with Gasteiger partial charge in [0.1, 0.15) is 19.3 Å². The lowest BCUT2D eigenvalue weighted by Gasteiger charge is -2.28. The van der Waals surface area contributed by atoms with E-state index in [4.69, 9.17) is 18.5 Å².